The van der Waals surface area contributed by atoms with Crippen LogP contribution in [0.4, 0.5) is 0 Å². The van der Waals surface area contributed by atoms with Gasteiger partial charge in [-0.05, 0) is 24.3 Å². The molecule has 3 aromatic rings. The number of fused-ring (bicyclic) bond motifs is 1. The van der Waals surface area contributed by atoms with Crippen molar-refractivity contribution in [2.45, 2.75) is 0 Å². The highest BCUT2D eigenvalue weighted by Gasteiger charge is 2.02. The molecule has 2 heterocycles. The first kappa shape index (κ1) is 9.78. The number of pyridine rings is 2. The molecule has 3 heteroatoms. The molecule has 0 fully saturated rings. The van der Waals surface area contributed by atoms with Gasteiger partial charge in [0.2, 0.25) is 0 Å². The van der Waals surface area contributed by atoms with Crippen LogP contribution in [0.15, 0.2) is 61.2 Å². The lowest BCUT2D eigenvalue weighted by molar-refractivity contribution is 0.487. The lowest BCUT2D eigenvalue weighted by Gasteiger charge is -2.07. The van der Waals surface area contributed by atoms with Crippen molar-refractivity contribution in [1.29, 1.82) is 0 Å². The summed E-state index contributed by atoms with van der Waals surface area (Å²) >= 11 is 0. The van der Waals surface area contributed by atoms with Crippen LogP contribution in [0.2, 0.25) is 0 Å². The number of hydrogen-bond donors (Lipinski definition) is 0. The maximum atomic E-state index is 5.82. The third-order valence-corrected chi connectivity index (χ3v) is 2.52. The van der Waals surface area contributed by atoms with Crippen LogP contribution in [-0.2, 0) is 0 Å². The predicted molar refractivity (Wildman–Crippen MR) is 66.1 cm³/mol. The Bertz CT molecular complexity index is 633. The van der Waals surface area contributed by atoms with E-state index in [-0.39, 0.29) is 0 Å². The van der Waals surface area contributed by atoms with Crippen LogP contribution in [-0.4, -0.2) is 9.97 Å². The Kier molecular flexibility index (Phi) is 2.43. The molecule has 0 amide bonds. The predicted octanol–water partition coefficient (Wildman–Crippen LogP) is 3.42. The summed E-state index contributed by atoms with van der Waals surface area (Å²) in [5.41, 5.74) is 0. The van der Waals surface area contributed by atoms with Crippen molar-refractivity contribution in [2.24, 2.45) is 0 Å². The largest absolute Gasteiger partial charge is 0.457 e. The van der Waals surface area contributed by atoms with Crippen LogP contribution in [0.5, 0.6) is 11.5 Å². The molecule has 3 nitrogen and oxygen atoms in total. The first-order valence-electron chi connectivity index (χ1n) is 5.34. The Morgan fingerprint density at radius 1 is 0.824 bits per heavy atom. The molecule has 0 saturated heterocycles. The van der Waals surface area contributed by atoms with Gasteiger partial charge in [0, 0.05) is 35.6 Å². The summed E-state index contributed by atoms with van der Waals surface area (Å²) < 4.78 is 5.82. The normalized spacial score (nSPS) is 10.4. The van der Waals surface area contributed by atoms with Crippen molar-refractivity contribution in [3.8, 4) is 11.5 Å². The van der Waals surface area contributed by atoms with E-state index in [1.165, 1.54) is 0 Å². The van der Waals surface area contributed by atoms with Crippen molar-refractivity contribution in [3.05, 3.63) is 61.2 Å². The molecule has 0 bridgehead atoms. The molecule has 0 aliphatic carbocycles. The average Bonchev–Trinajstić information content (AvgIpc) is 2.40. The minimum atomic E-state index is 0.782. The summed E-state index contributed by atoms with van der Waals surface area (Å²) in [6.45, 7) is 0. The molecule has 0 aliphatic rings. The Labute approximate surface area is 98.7 Å². The number of hydrogen-bond acceptors (Lipinski definition) is 3. The molecule has 0 radical (unpaired) electrons. The van der Waals surface area contributed by atoms with Crippen molar-refractivity contribution >= 4 is 10.8 Å². The van der Waals surface area contributed by atoms with E-state index in [1.54, 1.807) is 18.6 Å². The van der Waals surface area contributed by atoms with E-state index in [2.05, 4.69) is 9.97 Å². The van der Waals surface area contributed by atoms with Crippen molar-refractivity contribution in [3.63, 3.8) is 0 Å². The van der Waals surface area contributed by atoms with Gasteiger partial charge in [0.25, 0.3) is 0 Å². The van der Waals surface area contributed by atoms with Gasteiger partial charge >= 0.3 is 0 Å². The quantitative estimate of drug-likeness (QED) is 0.666. The fourth-order valence-electron chi connectivity index (χ4n) is 1.72. The SMILES string of the molecule is c1cc(Oc2ccncc2)c2ccncc2c1. The van der Waals surface area contributed by atoms with Crippen LogP contribution in [0.1, 0.15) is 0 Å². The van der Waals surface area contributed by atoms with E-state index >= 15 is 0 Å². The average molecular weight is 222 g/mol. The Morgan fingerprint density at radius 3 is 2.53 bits per heavy atom. The molecule has 0 atom stereocenters. The van der Waals surface area contributed by atoms with E-state index in [9.17, 15) is 0 Å². The van der Waals surface area contributed by atoms with Crippen molar-refractivity contribution in [2.75, 3.05) is 0 Å². The third-order valence-electron chi connectivity index (χ3n) is 2.52. The summed E-state index contributed by atoms with van der Waals surface area (Å²) in [7, 11) is 0. The molecule has 0 aliphatic heterocycles. The standard InChI is InChI=1S/C14H10N2O/c1-2-11-10-16-9-6-13(11)14(3-1)17-12-4-7-15-8-5-12/h1-10H. The Hall–Kier alpha value is -2.42. The highest BCUT2D eigenvalue weighted by Crippen LogP contribution is 2.28. The summed E-state index contributed by atoms with van der Waals surface area (Å²) in [5.74, 6) is 1.61. The van der Waals surface area contributed by atoms with Crippen LogP contribution in [0, 0.1) is 0 Å². The van der Waals surface area contributed by atoms with E-state index in [0.717, 1.165) is 22.3 Å². The Balaban J connectivity index is 2.06. The van der Waals surface area contributed by atoms with Gasteiger partial charge in [-0.1, -0.05) is 12.1 Å². The minimum Gasteiger partial charge on any atom is -0.457 e. The van der Waals surface area contributed by atoms with Crippen molar-refractivity contribution in [1.82, 2.24) is 9.97 Å². The first-order chi connectivity index (χ1) is 8.43. The number of nitrogens with zero attached hydrogens (tertiary/aromatic N) is 2. The molecule has 82 valence electrons. The molecule has 1 aromatic carbocycles. The lowest BCUT2D eigenvalue weighted by atomic mass is 10.1. The van der Waals surface area contributed by atoms with Gasteiger partial charge < -0.3 is 4.74 Å². The monoisotopic (exact) mass is 222 g/mol. The Morgan fingerprint density at radius 2 is 1.65 bits per heavy atom. The van der Waals surface area contributed by atoms with Gasteiger partial charge in [0.05, 0.1) is 0 Å². The fraction of sp³-hybridized carbons (Fsp3) is 0. The number of benzene rings is 1. The van der Waals surface area contributed by atoms with Crippen molar-refractivity contribution < 1.29 is 4.74 Å². The molecule has 0 N–H and O–H groups in total. The van der Waals surface area contributed by atoms with Crippen LogP contribution in [0.25, 0.3) is 10.8 Å². The lowest BCUT2D eigenvalue weighted by Crippen LogP contribution is -1.86. The van der Waals surface area contributed by atoms with E-state index in [1.807, 2.05) is 42.6 Å². The van der Waals surface area contributed by atoms with Crippen LogP contribution >= 0.6 is 0 Å². The molecular formula is C14H10N2O. The maximum absolute atomic E-state index is 5.82. The van der Waals surface area contributed by atoms with Gasteiger partial charge in [0.15, 0.2) is 0 Å². The zero-order valence-electron chi connectivity index (χ0n) is 9.08. The van der Waals surface area contributed by atoms with Gasteiger partial charge in [-0.15, -0.1) is 0 Å². The first-order valence-corrected chi connectivity index (χ1v) is 5.34. The zero-order valence-corrected chi connectivity index (χ0v) is 9.08. The molecule has 17 heavy (non-hydrogen) atoms. The summed E-state index contributed by atoms with van der Waals surface area (Å²) in [5, 5.41) is 2.12. The van der Waals surface area contributed by atoms with Gasteiger partial charge in [-0.2, -0.15) is 0 Å². The van der Waals surface area contributed by atoms with E-state index < -0.39 is 0 Å². The van der Waals surface area contributed by atoms with Crippen LogP contribution < -0.4 is 4.74 Å². The second kappa shape index (κ2) is 4.22. The summed E-state index contributed by atoms with van der Waals surface area (Å²) in [6, 6.07) is 11.5. The third kappa shape index (κ3) is 1.95. The topological polar surface area (TPSA) is 35.0 Å². The summed E-state index contributed by atoms with van der Waals surface area (Å²) in [6.07, 6.45) is 7.01. The minimum absolute atomic E-state index is 0.782. The zero-order chi connectivity index (χ0) is 11.5. The fourth-order valence-corrected chi connectivity index (χ4v) is 1.72. The van der Waals surface area contributed by atoms with E-state index in [0.29, 0.717) is 0 Å². The maximum Gasteiger partial charge on any atom is 0.135 e. The summed E-state index contributed by atoms with van der Waals surface area (Å²) in [4.78, 5) is 8.05. The van der Waals surface area contributed by atoms with E-state index in [4.69, 9.17) is 4.74 Å². The van der Waals surface area contributed by atoms with Gasteiger partial charge in [0.1, 0.15) is 11.5 Å². The number of rotatable bonds is 2. The van der Waals surface area contributed by atoms with Gasteiger partial charge in [-0.3, -0.25) is 9.97 Å². The number of ether oxygens (including phenoxy) is 1. The highest BCUT2D eigenvalue weighted by molar-refractivity contribution is 5.87. The number of aromatic nitrogens is 2. The highest BCUT2D eigenvalue weighted by atomic mass is 16.5. The smallest absolute Gasteiger partial charge is 0.135 e. The molecule has 2 aromatic heterocycles. The second-order valence-corrected chi connectivity index (χ2v) is 3.64. The second-order valence-electron chi connectivity index (χ2n) is 3.64. The van der Waals surface area contributed by atoms with Crippen LogP contribution in [0.3, 0.4) is 0 Å². The molecule has 3 rings (SSSR count). The van der Waals surface area contributed by atoms with Gasteiger partial charge in [-0.25, -0.2) is 0 Å². The molecule has 0 unspecified atom stereocenters. The molecule has 0 saturated carbocycles. The molecular weight excluding hydrogens is 212 g/mol. The molecule has 0 spiro atoms.